The number of esters is 1. The summed E-state index contributed by atoms with van der Waals surface area (Å²) in [6, 6.07) is 10.6. The van der Waals surface area contributed by atoms with E-state index in [9.17, 15) is 9.59 Å². The largest absolute Gasteiger partial charge is 0.451 e. The molecular weight excluding hydrogens is 328 g/mol. The van der Waals surface area contributed by atoms with E-state index in [1.54, 1.807) is 6.07 Å². The van der Waals surface area contributed by atoms with Crippen molar-refractivity contribution >= 4 is 29.2 Å². The van der Waals surface area contributed by atoms with Gasteiger partial charge in [0.1, 0.15) is 5.69 Å². The zero-order valence-electron chi connectivity index (χ0n) is 13.6. The Morgan fingerprint density at radius 3 is 2.58 bits per heavy atom. The average Bonchev–Trinajstić information content (AvgIpc) is 2.59. The second-order valence-corrected chi connectivity index (χ2v) is 5.85. The second-order valence-electron chi connectivity index (χ2n) is 5.41. The molecule has 0 radical (unpaired) electrons. The number of nitrogens with zero attached hydrogens (tertiary/aromatic N) is 1. The topological polar surface area (TPSA) is 68.3 Å². The summed E-state index contributed by atoms with van der Waals surface area (Å²) < 4.78 is 4.92. The van der Waals surface area contributed by atoms with E-state index in [2.05, 4.69) is 24.1 Å². The van der Waals surface area contributed by atoms with Crippen molar-refractivity contribution < 1.29 is 14.3 Å². The number of aromatic nitrogens is 1. The highest BCUT2D eigenvalue weighted by molar-refractivity contribution is 6.30. The Bertz CT molecular complexity index is 716. The van der Waals surface area contributed by atoms with Gasteiger partial charge in [-0.05, 0) is 42.2 Å². The first-order valence-corrected chi connectivity index (χ1v) is 8.06. The standard InChI is InChI=1S/C18H19ClN2O3/c1-3-12(2)13-4-6-15(7-5-13)21-17(22)11-24-18(23)16-10-14(19)8-9-20-16/h4-10,12H,3,11H2,1-2H3,(H,21,22)/t12-/m0/s1. The third kappa shape index (κ3) is 5.06. The van der Waals surface area contributed by atoms with Crippen LogP contribution in [0.4, 0.5) is 5.69 Å². The molecule has 0 spiro atoms. The number of ether oxygens (including phenoxy) is 1. The Hall–Kier alpha value is -2.40. The van der Waals surface area contributed by atoms with Crippen LogP contribution in [0.1, 0.15) is 42.2 Å². The van der Waals surface area contributed by atoms with E-state index in [0.29, 0.717) is 16.6 Å². The molecule has 0 saturated heterocycles. The molecule has 0 aliphatic heterocycles. The number of halogens is 1. The maximum Gasteiger partial charge on any atom is 0.357 e. The molecule has 6 heteroatoms. The van der Waals surface area contributed by atoms with Gasteiger partial charge in [0.25, 0.3) is 5.91 Å². The number of pyridine rings is 1. The summed E-state index contributed by atoms with van der Waals surface area (Å²) in [6.07, 6.45) is 2.46. The van der Waals surface area contributed by atoms with Crippen molar-refractivity contribution in [3.05, 3.63) is 58.9 Å². The van der Waals surface area contributed by atoms with Crippen molar-refractivity contribution in [2.45, 2.75) is 26.2 Å². The van der Waals surface area contributed by atoms with Crippen molar-refractivity contribution in [1.29, 1.82) is 0 Å². The van der Waals surface area contributed by atoms with Crippen LogP contribution in [0.2, 0.25) is 5.02 Å². The Kier molecular flexibility index (Phi) is 6.32. The van der Waals surface area contributed by atoms with Crippen LogP contribution in [0.5, 0.6) is 0 Å². The van der Waals surface area contributed by atoms with Gasteiger partial charge in [-0.2, -0.15) is 0 Å². The van der Waals surface area contributed by atoms with Gasteiger partial charge in [0, 0.05) is 16.9 Å². The molecular formula is C18H19ClN2O3. The summed E-state index contributed by atoms with van der Waals surface area (Å²) in [5.74, 6) is -0.637. The molecule has 1 N–H and O–H groups in total. The first kappa shape index (κ1) is 17.9. The van der Waals surface area contributed by atoms with Crippen molar-refractivity contribution in [3.63, 3.8) is 0 Å². The monoisotopic (exact) mass is 346 g/mol. The molecule has 0 aliphatic rings. The van der Waals surface area contributed by atoms with E-state index in [4.69, 9.17) is 16.3 Å². The zero-order valence-corrected chi connectivity index (χ0v) is 14.3. The summed E-state index contributed by atoms with van der Waals surface area (Å²) in [4.78, 5) is 27.5. The van der Waals surface area contributed by atoms with Gasteiger partial charge >= 0.3 is 5.97 Å². The van der Waals surface area contributed by atoms with Crippen LogP contribution in [0.25, 0.3) is 0 Å². The number of hydrogen-bond acceptors (Lipinski definition) is 4. The van der Waals surface area contributed by atoms with Gasteiger partial charge in [-0.15, -0.1) is 0 Å². The third-order valence-electron chi connectivity index (χ3n) is 3.64. The van der Waals surface area contributed by atoms with E-state index in [1.807, 2.05) is 24.3 Å². The molecule has 0 fully saturated rings. The molecule has 0 saturated carbocycles. The van der Waals surface area contributed by atoms with Crippen LogP contribution in [0.3, 0.4) is 0 Å². The molecule has 1 amide bonds. The number of hydrogen-bond donors (Lipinski definition) is 1. The van der Waals surface area contributed by atoms with Crippen LogP contribution >= 0.6 is 11.6 Å². The fraction of sp³-hybridized carbons (Fsp3) is 0.278. The predicted molar refractivity (Wildman–Crippen MR) is 93.3 cm³/mol. The third-order valence-corrected chi connectivity index (χ3v) is 3.88. The first-order chi connectivity index (χ1) is 11.5. The number of amides is 1. The fourth-order valence-corrected chi connectivity index (χ4v) is 2.21. The molecule has 0 bridgehead atoms. The number of rotatable bonds is 6. The minimum atomic E-state index is -0.695. The molecule has 126 valence electrons. The van der Waals surface area contributed by atoms with Crippen LogP contribution in [0.15, 0.2) is 42.6 Å². The minimum Gasteiger partial charge on any atom is -0.451 e. The lowest BCUT2D eigenvalue weighted by Crippen LogP contribution is -2.21. The lowest BCUT2D eigenvalue weighted by molar-refractivity contribution is -0.119. The summed E-state index contributed by atoms with van der Waals surface area (Å²) in [5, 5.41) is 3.06. The Labute approximate surface area is 146 Å². The van der Waals surface area contributed by atoms with E-state index in [-0.39, 0.29) is 12.3 Å². The number of carbonyl (C=O) groups is 2. The number of nitrogens with one attached hydrogen (secondary N) is 1. The van der Waals surface area contributed by atoms with Gasteiger partial charge in [0.05, 0.1) is 0 Å². The average molecular weight is 347 g/mol. The highest BCUT2D eigenvalue weighted by atomic mass is 35.5. The van der Waals surface area contributed by atoms with Gasteiger partial charge in [0.2, 0.25) is 0 Å². The van der Waals surface area contributed by atoms with Gasteiger partial charge < -0.3 is 10.1 Å². The Morgan fingerprint density at radius 1 is 1.25 bits per heavy atom. The maximum atomic E-state index is 11.9. The molecule has 1 heterocycles. The number of anilines is 1. The minimum absolute atomic E-state index is 0.0632. The van der Waals surface area contributed by atoms with E-state index >= 15 is 0 Å². The molecule has 1 atom stereocenters. The van der Waals surface area contributed by atoms with Crippen LogP contribution < -0.4 is 5.32 Å². The Balaban J connectivity index is 1.86. The Morgan fingerprint density at radius 2 is 1.96 bits per heavy atom. The van der Waals surface area contributed by atoms with E-state index in [0.717, 1.165) is 6.42 Å². The molecule has 24 heavy (non-hydrogen) atoms. The predicted octanol–water partition coefficient (Wildman–Crippen LogP) is 4.04. The molecule has 2 aromatic rings. The lowest BCUT2D eigenvalue weighted by atomic mass is 9.99. The summed E-state index contributed by atoms with van der Waals surface area (Å²) >= 11 is 5.78. The van der Waals surface area contributed by atoms with Crippen molar-refractivity contribution in [1.82, 2.24) is 4.98 Å². The fourth-order valence-electron chi connectivity index (χ4n) is 2.05. The summed E-state index contributed by atoms with van der Waals surface area (Å²) in [7, 11) is 0. The molecule has 1 aromatic heterocycles. The zero-order chi connectivity index (χ0) is 17.5. The normalized spacial score (nSPS) is 11.6. The molecule has 2 rings (SSSR count). The van der Waals surface area contributed by atoms with Crippen LogP contribution in [-0.2, 0) is 9.53 Å². The van der Waals surface area contributed by atoms with Gasteiger partial charge in [0.15, 0.2) is 6.61 Å². The second kappa shape index (κ2) is 8.45. The van der Waals surface area contributed by atoms with Gasteiger partial charge in [-0.3, -0.25) is 4.79 Å². The van der Waals surface area contributed by atoms with Gasteiger partial charge in [-0.1, -0.05) is 37.6 Å². The summed E-state index contributed by atoms with van der Waals surface area (Å²) in [6.45, 7) is 3.89. The molecule has 0 unspecified atom stereocenters. The molecule has 0 aliphatic carbocycles. The molecule has 5 nitrogen and oxygen atoms in total. The number of benzene rings is 1. The first-order valence-electron chi connectivity index (χ1n) is 7.68. The maximum absolute atomic E-state index is 11.9. The van der Waals surface area contributed by atoms with Crippen LogP contribution in [-0.4, -0.2) is 23.5 Å². The number of carbonyl (C=O) groups excluding carboxylic acids is 2. The van der Waals surface area contributed by atoms with Crippen LogP contribution in [0, 0.1) is 0 Å². The summed E-state index contributed by atoms with van der Waals surface area (Å²) in [5.41, 5.74) is 1.94. The van der Waals surface area contributed by atoms with Crippen molar-refractivity contribution in [3.8, 4) is 0 Å². The van der Waals surface area contributed by atoms with Crippen molar-refractivity contribution in [2.24, 2.45) is 0 Å². The van der Waals surface area contributed by atoms with E-state index < -0.39 is 11.9 Å². The van der Waals surface area contributed by atoms with E-state index in [1.165, 1.54) is 17.8 Å². The quantitative estimate of drug-likeness (QED) is 0.801. The van der Waals surface area contributed by atoms with Gasteiger partial charge in [-0.25, -0.2) is 9.78 Å². The smallest absolute Gasteiger partial charge is 0.357 e. The highest BCUT2D eigenvalue weighted by Gasteiger charge is 2.12. The highest BCUT2D eigenvalue weighted by Crippen LogP contribution is 2.20. The van der Waals surface area contributed by atoms with Crippen molar-refractivity contribution in [2.75, 3.05) is 11.9 Å². The molecule has 1 aromatic carbocycles. The lowest BCUT2D eigenvalue weighted by Gasteiger charge is -2.10. The SMILES string of the molecule is CC[C@H](C)c1ccc(NC(=O)COC(=O)c2cc(Cl)ccn2)cc1.